The van der Waals surface area contributed by atoms with Gasteiger partial charge in [0.25, 0.3) is 0 Å². The largest absolute Gasteiger partial charge is 0.392 e. The van der Waals surface area contributed by atoms with Crippen molar-refractivity contribution < 1.29 is 19.4 Å². The van der Waals surface area contributed by atoms with Crippen molar-refractivity contribution in [2.45, 2.75) is 135 Å². The first-order valence-corrected chi connectivity index (χ1v) is 18.0. The second-order valence-corrected chi connectivity index (χ2v) is 13.2. The molecular formula is C37H51Cl2N3O4. The van der Waals surface area contributed by atoms with E-state index in [2.05, 4.69) is 17.2 Å². The lowest BCUT2D eigenvalue weighted by Crippen LogP contribution is -2.32. The van der Waals surface area contributed by atoms with Crippen LogP contribution in [0.4, 0.5) is 5.69 Å². The molecule has 2 N–H and O–H groups in total. The normalized spacial score (nSPS) is 18.1. The number of aromatic nitrogens is 2. The Morgan fingerprint density at radius 2 is 1.54 bits per heavy atom. The van der Waals surface area contributed by atoms with Gasteiger partial charge in [-0.15, -0.1) is 0 Å². The van der Waals surface area contributed by atoms with Gasteiger partial charge in [-0.2, -0.15) is 0 Å². The van der Waals surface area contributed by atoms with Crippen LogP contribution in [-0.2, 0) is 27.4 Å². The van der Waals surface area contributed by atoms with E-state index < -0.39 is 6.29 Å². The van der Waals surface area contributed by atoms with Crippen molar-refractivity contribution in [3.8, 4) is 0 Å². The Morgan fingerprint density at radius 1 is 0.891 bits per heavy atom. The maximum atomic E-state index is 12.8. The van der Waals surface area contributed by atoms with Crippen LogP contribution >= 0.6 is 23.2 Å². The molecule has 9 heteroatoms. The van der Waals surface area contributed by atoms with E-state index in [1.54, 1.807) is 10.9 Å². The van der Waals surface area contributed by atoms with Crippen molar-refractivity contribution in [2.75, 3.05) is 5.32 Å². The summed E-state index contributed by atoms with van der Waals surface area (Å²) >= 11 is 12.4. The maximum absolute atomic E-state index is 12.8. The van der Waals surface area contributed by atoms with E-state index in [4.69, 9.17) is 32.7 Å². The van der Waals surface area contributed by atoms with Crippen molar-refractivity contribution in [3.05, 3.63) is 81.9 Å². The van der Waals surface area contributed by atoms with Gasteiger partial charge in [-0.1, -0.05) is 144 Å². The van der Waals surface area contributed by atoms with Gasteiger partial charge in [0, 0.05) is 24.1 Å². The van der Waals surface area contributed by atoms with Crippen LogP contribution in [-0.4, -0.2) is 26.7 Å². The van der Waals surface area contributed by atoms with E-state index in [9.17, 15) is 9.90 Å². The Labute approximate surface area is 285 Å². The SMILES string of the molecule is CCCCCCCCCCCCCCCC(=O)Nc1cccc(C2O[C@H](Cn3cnc(Cl)c3Cl)C[C@H](c3ccc(CO)cc3)O2)c1. The Hall–Kier alpha value is -2.42. The quantitative estimate of drug-likeness (QED) is 0.117. The zero-order chi connectivity index (χ0) is 32.6. The van der Waals surface area contributed by atoms with Crippen LogP contribution < -0.4 is 5.32 Å². The number of hydrogen-bond acceptors (Lipinski definition) is 5. The molecule has 0 aliphatic carbocycles. The molecule has 3 aromatic rings. The molecule has 252 valence electrons. The predicted molar refractivity (Wildman–Crippen MR) is 186 cm³/mol. The van der Waals surface area contributed by atoms with Gasteiger partial charge >= 0.3 is 0 Å². The van der Waals surface area contributed by atoms with Gasteiger partial charge in [0.1, 0.15) is 5.15 Å². The number of aliphatic hydroxyl groups excluding tert-OH is 1. The van der Waals surface area contributed by atoms with Crippen molar-refractivity contribution in [1.29, 1.82) is 0 Å². The molecule has 1 unspecified atom stereocenters. The standard InChI is InChI=1S/C37H51Cl2N3O4/c1-2-3-4-5-6-7-8-9-10-11-12-13-14-18-34(44)41-31-17-15-16-30(23-31)37-45-32(25-42-27-40-35(38)36(42)39)24-33(46-37)29-21-19-28(26-43)20-22-29/h15-17,19-23,27,32-33,37,43H,2-14,18,24-26H2,1H3,(H,41,44)/t32-,33+,37?/m0/s1. The van der Waals surface area contributed by atoms with Crippen LogP contribution in [0.5, 0.6) is 0 Å². The summed E-state index contributed by atoms with van der Waals surface area (Å²) < 4.78 is 14.7. The molecule has 46 heavy (non-hydrogen) atoms. The second-order valence-electron chi connectivity index (χ2n) is 12.5. The number of unbranched alkanes of at least 4 members (excludes halogenated alkanes) is 12. The van der Waals surface area contributed by atoms with Crippen LogP contribution in [0, 0.1) is 0 Å². The average Bonchev–Trinajstić information content (AvgIpc) is 3.39. The van der Waals surface area contributed by atoms with Crippen LogP contribution in [0.3, 0.4) is 0 Å². The molecule has 2 heterocycles. The average molecular weight is 673 g/mol. The number of halogens is 2. The summed E-state index contributed by atoms with van der Waals surface area (Å²) in [5.74, 6) is 0.0251. The minimum absolute atomic E-state index is 0.0160. The van der Waals surface area contributed by atoms with Gasteiger partial charge in [-0.25, -0.2) is 4.98 Å². The molecule has 1 saturated heterocycles. The summed E-state index contributed by atoms with van der Waals surface area (Å²) in [6, 6.07) is 15.4. The zero-order valence-corrected chi connectivity index (χ0v) is 28.8. The molecule has 7 nitrogen and oxygen atoms in total. The number of carbonyl (C=O) groups excluding carboxylic acids is 1. The summed E-state index contributed by atoms with van der Waals surface area (Å²) in [5, 5.41) is 13.2. The molecule has 2 aromatic carbocycles. The highest BCUT2D eigenvalue weighted by Crippen LogP contribution is 2.39. The van der Waals surface area contributed by atoms with Crippen molar-refractivity contribution in [3.63, 3.8) is 0 Å². The third-order valence-corrected chi connectivity index (χ3v) is 9.47. The van der Waals surface area contributed by atoms with Gasteiger partial charge in [-0.3, -0.25) is 4.79 Å². The topological polar surface area (TPSA) is 85.6 Å². The van der Waals surface area contributed by atoms with Gasteiger partial charge in [-0.05, 0) is 29.7 Å². The third-order valence-electron chi connectivity index (χ3n) is 8.70. The number of ether oxygens (including phenoxy) is 2. The molecule has 4 rings (SSSR count). The number of amides is 1. The molecule has 1 aliphatic heterocycles. The van der Waals surface area contributed by atoms with E-state index >= 15 is 0 Å². The first kappa shape index (κ1) is 36.4. The number of aliphatic hydroxyl groups is 1. The summed E-state index contributed by atoms with van der Waals surface area (Å²) in [6.07, 6.45) is 18.2. The van der Waals surface area contributed by atoms with Crippen molar-refractivity contribution in [1.82, 2.24) is 9.55 Å². The fourth-order valence-electron chi connectivity index (χ4n) is 6.01. The Kier molecular flexibility index (Phi) is 15.9. The van der Waals surface area contributed by atoms with E-state index in [-0.39, 0.29) is 29.9 Å². The number of benzene rings is 2. The van der Waals surface area contributed by atoms with Gasteiger partial charge in [0.15, 0.2) is 11.4 Å². The van der Waals surface area contributed by atoms with Crippen LogP contribution in [0.25, 0.3) is 0 Å². The number of nitrogens with one attached hydrogen (secondary N) is 1. The molecule has 0 spiro atoms. The van der Waals surface area contributed by atoms with E-state index in [0.29, 0.717) is 24.5 Å². The molecular weight excluding hydrogens is 621 g/mol. The fourth-order valence-corrected chi connectivity index (χ4v) is 6.33. The highest BCUT2D eigenvalue weighted by atomic mass is 35.5. The number of carbonyl (C=O) groups is 1. The molecule has 1 aromatic heterocycles. The lowest BCUT2D eigenvalue weighted by atomic mass is 10.00. The van der Waals surface area contributed by atoms with Gasteiger partial charge in [0.05, 0.1) is 31.7 Å². The summed E-state index contributed by atoms with van der Waals surface area (Å²) in [5.41, 5.74) is 3.37. The molecule has 3 atom stereocenters. The monoisotopic (exact) mass is 671 g/mol. The smallest absolute Gasteiger partial charge is 0.224 e. The highest BCUT2D eigenvalue weighted by molar-refractivity contribution is 6.40. The molecule has 0 bridgehead atoms. The van der Waals surface area contributed by atoms with E-state index in [1.807, 2.05) is 48.5 Å². The summed E-state index contributed by atoms with van der Waals surface area (Å²) in [4.78, 5) is 16.9. The van der Waals surface area contributed by atoms with Crippen LogP contribution in [0.2, 0.25) is 10.3 Å². The lowest BCUT2D eigenvalue weighted by molar-refractivity contribution is -0.252. The fraction of sp³-hybridized carbons (Fsp3) is 0.568. The molecule has 0 saturated carbocycles. The second kappa shape index (κ2) is 20.1. The van der Waals surface area contributed by atoms with Crippen molar-refractivity contribution >= 4 is 34.8 Å². The predicted octanol–water partition coefficient (Wildman–Crippen LogP) is 10.3. The minimum atomic E-state index is -0.656. The van der Waals surface area contributed by atoms with Gasteiger partial charge < -0.3 is 24.5 Å². The number of anilines is 1. The maximum Gasteiger partial charge on any atom is 0.224 e. The van der Waals surface area contributed by atoms with E-state index in [0.717, 1.165) is 35.2 Å². The number of nitrogens with zero attached hydrogens (tertiary/aromatic N) is 2. The Morgan fingerprint density at radius 3 is 2.15 bits per heavy atom. The highest BCUT2D eigenvalue weighted by Gasteiger charge is 2.33. The number of hydrogen-bond donors (Lipinski definition) is 2. The van der Waals surface area contributed by atoms with Crippen LogP contribution in [0.1, 0.15) is 132 Å². The molecule has 0 radical (unpaired) electrons. The van der Waals surface area contributed by atoms with Crippen molar-refractivity contribution in [2.24, 2.45) is 0 Å². The lowest BCUT2D eigenvalue weighted by Gasteiger charge is -2.36. The zero-order valence-electron chi connectivity index (χ0n) is 27.3. The number of rotatable bonds is 20. The van der Waals surface area contributed by atoms with Crippen LogP contribution in [0.15, 0.2) is 54.9 Å². The third kappa shape index (κ3) is 12.0. The summed E-state index contributed by atoms with van der Waals surface area (Å²) in [6.45, 7) is 2.71. The molecule has 1 amide bonds. The Balaban J connectivity index is 1.25. The minimum Gasteiger partial charge on any atom is -0.392 e. The first-order valence-electron chi connectivity index (χ1n) is 17.2. The van der Waals surface area contributed by atoms with Gasteiger partial charge in [0.2, 0.25) is 5.91 Å². The first-order chi connectivity index (χ1) is 22.5. The molecule has 1 fully saturated rings. The summed E-state index contributed by atoms with van der Waals surface area (Å²) in [7, 11) is 0. The van der Waals surface area contributed by atoms with E-state index in [1.165, 1.54) is 70.6 Å². The Bertz CT molecular complexity index is 1320. The molecule has 1 aliphatic rings. The number of imidazole rings is 1.